The number of carbonyl (C=O) groups excluding carboxylic acids is 2. The lowest BCUT2D eigenvalue weighted by Gasteiger charge is -2.28. The van der Waals surface area contributed by atoms with Gasteiger partial charge in [-0.25, -0.2) is 14.8 Å². The minimum Gasteiger partial charge on any atom is -0.382 e. The molecule has 5 rings (SSSR count). The van der Waals surface area contributed by atoms with Crippen LogP contribution in [0.15, 0.2) is 60.7 Å². The van der Waals surface area contributed by atoms with Crippen molar-refractivity contribution < 1.29 is 9.59 Å². The van der Waals surface area contributed by atoms with Crippen LogP contribution in [0.4, 0.5) is 5.82 Å². The van der Waals surface area contributed by atoms with E-state index in [2.05, 4.69) is 24.8 Å². The number of rotatable bonds is 4. The summed E-state index contributed by atoms with van der Waals surface area (Å²) in [5.74, 6) is -0.836. The molecular formula is C27H23N7O2. The van der Waals surface area contributed by atoms with Crippen LogP contribution in [-0.2, 0) is 4.79 Å². The monoisotopic (exact) mass is 477 g/mol. The number of hydrogen-bond acceptors (Lipinski definition) is 6. The van der Waals surface area contributed by atoms with Crippen molar-refractivity contribution in [1.82, 2.24) is 24.8 Å². The molecule has 0 bridgehead atoms. The summed E-state index contributed by atoms with van der Waals surface area (Å²) in [6.07, 6.45) is 7.28. The number of ketones is 1. The van der Waals surface area contributed by atoms with E-state index in [0.717, 1.165) is 16.7 Å². The molecule has 36 heavy (non-hydrogen) atoms. The van der Waals surface area contributed by atoms with Gasteiger partial charge >= 0.3 is 0 Å². The highest BCUT2D eigenvalue weighted by molar-refractivity contribution is 6.45. The Kier molecular flexibility index (Phi) is 6.00. The van der Waals surface area contributed by atoms with Crippen LogP contribution in [-0.4, -0.2) is 49.6 Å². The first kappa shape index (κ1) is 22.9. The predicted octanol–water partition coefficient (Wildman–Crippen LogP) is 4.05. The number of piperidine rings is 1. The number of hydrogen-bond donors (Lipinski definition) is 2. The van der Waals surface area contributed by atoms with Gasteiger partial charge in [-0.15, -0.1) is 0 Å². The Balaban J connectivity index is 1.39. The fourth-order valence-electron chi connectivity index (χ4n) is 4.56. The third-order valence-electron chi connectivity index (χ3n) is 6.40. The summed E-state index contributed by atoms with van der Waals surface area (Å²) in [5.41, 5.74) is 10.9. The molecule has 9 heteroatoms. The van der Waals surface area contributed by atoms with Gasteiger partial charge in [-0.05, 0) is 30.9 Å². The number of anilines is 1. The lowest BCUT2D eigenvalue weighted by molar-refractivity contribution is -0.126. The van der Waals surface area contributed by atoms with E-state index >= 15 is 0 Å². The number of aromatic amines is 1. The normalized spacial score (nSPS) is 13.4. The van der Waals surface area contributed by atoms with Crippen LogP contribution in [0.2, 0.25) is 0 Å². The van der Waals surface area contributed by atoms with Crippen molar-refractivity contribution in [1.29, 1.82) is 0 Å². The van der Waals surface area contributed by atoms with E-state index in [-0.39, 0.29) is 0 Å². The highest BCUT2D eigenvalue weighted by atomic mass is 16.2. The number of nitrogen functional groups attached to an aromatic ring is 1. The van der Waals surface area contributed by atoms with Crippen molar-refractivity contribution >= 4 is 34.1 Å². The molecule has 0 unspecified atom stereocenters. The number of aromatic nitrogens is 4. The Bertz CT molecular complexity index is 1540. The van der Waals surface area contributed by atoms with Gasteiger partial charge in [0.2, 0.25) is 0 Å². The number of pyridine rings is 1. The van der Waals surface area contributed by atoms with Crippen molar-refractivity contribution in [2.75, 3.05) is 18.8 Å². The molecule has 1 aliphatic rings. The molecule has 0 radical (unpaired) electrons. The van der Waals surface area contributed by atoms with Crippen LogP contribution in [0, 0.1) is 13.5 Å². The van der Waals surface area contributed by atoms with Gasteiger partial charge in [-0.1, -0.05) is 35.9 Å². The lowest BCUT2D eigenvalue weighted by Crippen LogP contribution is -2.40. The fraction of sp³-hybridized carbons (Fsp3) is 0.185. The Morgan fingerprint density at radius 3 is 2.47 bits per heavy atom. The quantitative estimate of drug-likeness (QED) is 0.260. The summed E-state index contributed by atoms with van der Waals surface area (Å²) in [6, 6.07) is 9.56. The molecule has 4 aromatic rings. The first-order valence-electron chi connectivity index (χ1n) is 11.5. The highest BCUT2D eigenvalue weighted by Crippen LogP contribution is 2.31. The van der Waals surface area contributed by atoms with Crippen molar-refractivity contribution in [2.24, 2.45) is 0 Å². The van der Waals surface area contributed by atoms with Crippen LogP contribution >= 0.6 is 0 Å². The molecule has 0 atom stereocenters. The van der Waals surface area contributed by atoms with E-state index in [9.17, 15) is 9.59 Å². The number of Topliss-reactive ketones (excluding diaryl/α,β-unsaturated/α-hetero) is 1. The summed E-state index contributed by atoms with van der Waals surface area (Å²) < 4.78 is 0. The number of nitrogens with two attached hydrogens (primary N) is 1. The molecule has 1 amide bonds. The summed E-state index contributed by atoms with van der Waals surface area (Å²) >= 11 is 0. The Hall–Kier alpha value is -4.84. The zero-order valence-corrected chi connectivity index (χ0v) is 19.7. The van der Waals surface area contributed by atoms with Gasteiger partial charge in [0.05, 0.1) is 30.0 Å². The van der Waals surface area contributed by atoms with Gasteiger partial charge in [-0.3, -0.25) is 14.6 Å². The molecule has 3 aromatic heterocycles. The highest BCUT2D eigenvalue weighted by Gasteiger charge is 2.29. The van der Waals surface area contributed by atoms with Gasteiger partial charge in [0.1, 0.15) is 17.2 Å². The molecule has 1 aliphatic heterocycles. The van der Waals surface area contributed by atoms with Crippen LogP contribution < -0.4 is 5.73 Å². The molecule has 178 valence electrons. The molecule has 0 aliphatic carbocycles. The molecule has 1 aromatic carbocycles. The van der Waals surface area contributed by atoms with E-state index < -0.39 is 11.7 Å². The van der Waals surface area contributed by atoms with Gasteiger partial charge < -0.3 is 15.6 Å². The van der Waals surface area contributed by atoms with Crippen LogP contribution in [0.1, 0.15) is 34.3 Å². The largest absolute Gasteiger partial charge is 0.382 e. The van der Waals surface area contributed by atoms with E-state index in [4.69, 9.17) is 12.3 Å². The molecule has 4 heterocycles. The van der Waals surface area contributed by atoms with Crippen molar-refractivity contribution in [3.63, 3.8) is 0 Å². The average molecular weight is 478 g/mol. The second-order valence-electron chi connectivity index (χ2n) is 8.62. The fourth-order valence-corrected chi connectivity index (χ4v) is 4.56. The zero-order chi connectivity index (χ0) is 25.2. The number of fused-ring (bicyclic) bond motifs is 1. The molecule has 0 saturated carbocycles. The number of likely N-dealkylation sites (tertiary alicyclic amines) is 1. The topological polar surface area (TPSA) is 122 Å². The van der Waals surface area contributed by atoms with Crippen LogP contribution in [0.3, 0.4) is 0 Å². The third-order valence-corrected chi connectivity index (χ3v) is 6.40. The van der Waals surface area contributed by atoms with Crippen molar-refractivity contribution in [3.8, 4) is 11.4 Å². The first-order chi connectivity index (χ1) is 17.5. The smallest absolute Gasteiger partial charge is 0.295 e. The maximum absolute atomic E-state index is 13.3. The number of carbonyl (C=O) groups is 2. The van der Waals surface area contributed by atoms with Gasteiger partial charge in [-0.2, -0.15) is 0 Å². The SMILES string of the molecule is [C-]#[N+]C(=C1CCN(C(=O)C(=O)c2c[nH]c3c(-c4cnc(N)cn4)ncc(C)c23)CC1)c1ccccc1. The van der Waals surface area contributed by atoms with Gasteiger partial charge in [0.25, 0.3) is 11.7 Å². The number of benzene rings is 1. The summed E-state index contributed by atoms with van der Waals surface area (Å²) in [5, 5.41) is 0.633. The van der Waals surface area contributed by atoms with Crippen molar-refractivity contribution in [3.05, 3.63) is 88.8 Å². The zero-order valence-electron chi connectivity index (χ0n) is 19.7. The van der Waals surface area contributed by atoms with Crippen LogP contribution in [0.5, 0.6) is 0 Å². The third kappa shape index (κ3) is 4.09. The summed E-state index contributed by atoms with van der Waals surface area (Å²) in [4.78, 5) is 47.7. The maximum atomic E-state index is 13.3. The van der Waals surface area contributed by atoms with E-state index in [1.54, 1.807) is 17.3 Å². The van der Waals surface area contributed by atoms with E-state index in [1.807, 2.05) is 37.3 Å². The predicted molar refractivity (Wildman–Crippen MR) is 136 cm³/mol. The number of nitrogens with one attached hydrogen (secondary N) is 1. The van der Waals surface area contributed by atoms with Gasteiger partial charge in [0.15, 0.2) is 5.70 Å². The lowest BCUT2D eigenvalue weighted by atomic mass is 9.97. The summed E-state index contributed by atoms with van der Waals surface area (Å²) in [6.45, 7) is 10.3. The Morgan fingerprint density at radius 1 is 1.06 bits per heavy atom. The maximum Gasteiger partial charge on any atom is 0.295 e. The van der Waals surface area contributed by atoms with E-state index in [0.29, 0.717) is 65.3 Å². The number of nitrogens with zero attached hydrogens (tertiary/aromatic N) is 5. The molecule has 1 fully saturated rings. The second-order valence-corrected chi connectivity index (χ2v) is 8.62. The first-order valence-corrected chi connectivity index (χ1v) is 11.5. The van der Waals surface area contributed by atoms with E-state index in [1.165, 1.54) is 12.4 Å². The number of amides is 1. The molecular weight excluding hydrogens is 454 g/mol. The Labute approximate surface area is 207 Å². The van der Waals surface area contributed by atoms with Gasteiger partial charge in [0, 0.05) is 30.9 Å². The molecule has 3 N–H and O–H groups in total. The number of aryl methyl sites for hydroxylation is 1. The molecule has 0 spiro atoms. The average Bonchev–Trinajstić information content (AvgIpc) is 3.36. The van der Waals surface area contributed by atoms with Crippen LogP contribution in [0.25, 0.3) is 32.8 Å². The van der Waals surface area contributed by atoms with Crippen molar-refractivity contribution in [2.45, 2.75) is 19.8 Å². The minimum absolute atomic E-state index is 0.293. The minimum atomic E-state index is -0.578. The molecule has 1 saturated heterocycles. The summed E-state index contributed by atoms with van der Waals surface area (Å²) in [7, 11) is 0. The Morgan fingerprint density at radius 2 is 1.81 bits per heavy atom. The molecule has 9 nitrogen and oxygen atoms in total. The number of H-pyrrole nitrogens is 1. The second kappa shape index (κ2) is 9.43. The standard InChI is InChI=1S/C27H23N7O2/c1-16-12-32-24(20-14-31-21(28)15-30-20)25-22(16)19(13-33-25)26(35)27(36)34-10-8-18(9-11-34)23(29-2)17-6-4-3-5-7-17/h3-7,12-15,33H,8-11H2,1H3,(H2,28,31).